The van der Waals surface area contributed by atoms with Gasteiger partial charge >= 0.3 is 0 Å². The van der Waals surface area contributed by atoms with E-state index >= 15 is 0 Å². The molecule has 0 amide bonds. The van der Waals surface area contributed by atoms with Gasteiger partial charge < -0.3 is 5.73 Å². The zero-order chi connectivity index (χ0) is 11.2. The molecule has 78 valence electrons. The van der Waals surface area contributed by atoms with Crippen LogP contribution in [0.25, 0.3) is 0 Å². The second-order valence-corrected chi connectivity index (χ2v) is 4.45. The van der Waals surface area contributed by atoms with Gasteiger partial charge in [-0.3, -0.25) is 9.96 Å². The van der Waals surface area contributed by atoms with Crippen molar-refractivity contribution >= 4 is 21.8 Å². The molecule has 0 atom stereocenters. The molecule has 1 aromatic rings. The van der Waals surface area contributed by atoms with Crippen molar-refractivity contribution in [2.24, 2.45) is 10.7 Å². The first kappa shape index (κ1) is 9.81. The Morgan fingerprint density at radius 1 is 1.33 bits per heavy atom. The molecule has 0 unspecified atom stereocenters. The highest BCUT2D eigenvalue weighted by Gasteiger charge is 2.21. The number of rotatable bonds is 1. The van der Waals surface area contributed by atoms with Gasteiger partial charge in [-0.1, -0.05) is 0 Å². The van der Waals surface area contributed by atoms with Gasteiger partial charge in [0.1, 0.15) is 5.84 Å². The number of fused-ring (bicyclic) bond motifs is 1. The van der Waals surface area contributed by atoms with Gasteiger partial charge in [-0.05, 0) is 18.2 Å². The summed E-state index contributed by atoms with van der Waals surface area (Å²) in [5, 5.41) is 7.42. The van der Waals surface area contributed by atoms with Crippen molar-refractivity contribution in [1.82, 2.24) is 0 Å². The molecule has 0 bridgehead atoms. The Morgan fingerprint density at radius 2 is 2.00 bits per heavy atom. The van der Waals surface area contributed by atoms with Crippen molar-refractivity contribution in [2.75, 3.05) is 0 Å². The molecule has 0 spiro atoms. The lowest BCUT2D eigenvalue weighted by molar-refractivity contribution is 0.483. The monoisotopic (exact) mass is 225 g/mol. The van der Waals surface area contributed by atoms with E-state index in [1.54, 1.807) is 0 Å². The maximum absolute atomic E-state index is 10.8. The number of nitrogens with two attached hydrogens (primary N) is 1. The molecule has 6 nitrogen and oxygen atoms in total. The van der Waals surface area contributed by atoms with E-state index in [1.165, 1.54) is 18.2 Å². The highest BCUT2D eigenvalue weighted by atomic mass is 32.2. The summed E-state index contributed by atoms with van der Waals surface area (Å²) >= 11 is 0. The molecule has 1 aromatic carbocycles. The van der Waals surface area contributed by atoms with E-state index in [0.29, 0.717) is 11.1 Å². The van der Waals surface area contributed by atoms with E-state index in [1.807, 2.05) is 0 Å². The Bertz CT molecular complexity index is 589. The minimum Gasteiger partial charge on any atom is -0.383 e. The average molecular weight is 225 g/mol. The van der Waals surface area contributed by atoms with Crippen LogP contribution in [0.15, 0.2) is 28.1 Å². The van der Waals surface area contributed by atoms with Gasteiger partial charge in [0.05, 0.1) is 4.90 Å². The quantitative estimate of drug-likeness (QED) is 0.582. The van der Waals surface area contributed by atoms with Crippen molar-refractivity contribution < 1.29 is 13.0 Å². The van der Waals surface area contributed by atoms with Crippen molar-refractivity contribution in [3.8, 4) is 0 Å². The summed E-state index contributed by atoms with van der Waals surface area (Å²) in [6, 6.07) is 3.81. The van der Waals surface area contributed by atoms with E-state index in [9.17, 15) is 8.42 Å². The first-order valence-electron chi connectivity index (χ1n) is 3.94. The first-order valence-corrected chi connectivity index (χ1v) is 5.38. The first-order chi connectivity index (χ1) is 6.89. The van der Waals surface area contributed by atoms with Crippen LogP contribution in [0.1, 0.15) is 11.1 Å². The average Bonchev–Trinajstić information content (AvgIpc) is 2.41. The molecule has 0 aromatic heterocycles. The van der Waals surface area contributed by atoms with Crippen LogP contribution in [0.2, 0.25) is 0 Å². The van der Waals surface area contributed by atoms with E-state index in [2.05, 4.69) is 4.99 Å². The second-order valence-electron chi connectivity index (χ2n) is 3.03. The van der Waals surface area contributed by atoms with E-state index in [0.717, 1.165) is 0 Å². The zero-order valence-electron chi connectivity index (χ0n) is 7.43. The summed E-state index contributed by atoms with van der Waals surface area (Å²) in [6.45, 7) is 0. The molecule has 7 heteroatoms. The van der Waals surface area contributed by atoms with Gasteiger partial charge in [-0.15, -0.1) is 0 Å². The summed E-state index contributed by atoms with van der Waals surface area (Å²) in [4.78, 5) is 3.41. The predicted octanol–water partition coefficient (Wildman–Crippen LogP) is -0.0224. The minimum absolute atomic E-state index is 0.104. The molecule has 2 rings (SSSR count). The second kappa shape index (κ2) is 2.88. The summed E-state index contributed by atoms with van der Waals surface area (Å²) in [5.74, 6) is 0.0740. The Hall–Kier alpha value is -1.73. The van der Waals surface area contributed by atoms with Crippen LogP contribution in [-0.2, 0) is 10.1 Å². The number of nitrogens with one attached hydrogen (secondary N) is 1. The minimum atomic E-state index is -4.25. The van der Waals surface area contributed by atoms with Gasteiger partial charge in [0.2, 0.25) is 0 Å². The van der Waals surface area contributed by atoms with Crippen LogP contribution >= 0.6 is 0 Å². The standard InChI is InChI=1S/C8H7N3O3S/c9-7-5-2-1-4(15(12,13)14)3-6(5)8(10)11-7/h1-3H,(H3,9,10,11)(H,12,13,14). The van der Waals surface area contributed by atoms with Crippen molar-refractivity contribution in [1.29, 1.82) is 5.41 Å². The Morgan fingerprint density at radius 3 is 2.60 bits per heavy atom. The van der Waals surface area contributed by atoms with Crippen LogP contribution in [0.3, 0.4) is 0 Å². The highest BCUT2D eigenvalue weighted by Crippen LogP contribution is 2.20. The van der Waals surface area contributed by atoms with Gasteiger partial charge in [0.15, 0.2) is 5.84 Å². The van der Waals surface area contributed by atoms with Crippen LogP contribution < -0.4 is 5.73 Å². The molecule has 0 saturated heterocycles. The molecule has 15 heavy (non-hydrogen) atoms. The van der Waals surface area contributed by atoms with Crippen molar-refractivity contribution in [3.05, 3.63) is 29.3 Å². The number of nitrogens with zero attached hydrogens (tertiary/aromatic N) is 1. The third kappa shape index (κ3) is 1.51. The molecule has 0 saturated carbocycles. The third-order valence-corrected chi connectivity index (χ3v) is 2.90. The molecule has 1 aliphatic heterocycles. The van der Waals surface area contributed by atoms with Crippen LogP contribution in [0, 0.1) is 5.41 Å². The van der Waals surface area contributed by atoms with Crippen molar-refractivity contribution in [2.45, 2.75) is 4.90 Å². The third-order valence-electron chi connectivity index (χ3n) is 2.05. The summed E-state index contributed by atoms with van der Waals surface area (Å²) in [5.41, 5.74) is 6.31. The van der Waals surface area contributed by atoms with E-state index in [-0.39, 0.29) is 16.6 Å². The number of hydrogen-bond donors (Lipinski definition) is 3. The van der Waals surface area contributed by atoms with Gasteiger partial charge in [-0.25, -0.2) is 4.99 Å². The summed E-state index contributed by atoms with van der Waals surface area (Å²) in [7, 11) is -4.25. The molecule has 0 fully saturated rings. The van der Waals surface area contributed by atoms with E-state index in [4.69, 9.17) is 15.7 Å². The number of hydrogen-bond acceptors (Lipinski definition) is 4. The number of benzene rings is 1. The van der Waals surface area contributed by atoms with Crippen molar-refractivity contribution in [3.63, 3.8) is 0 Å². The van der Waals surface area contributed by atoms with Gasteiger partial charge in [0, 0.05) is 11.1 Å². The van der Waals surface area contributed by atoms with E-state index < -0.39 is 10.1 Å². The predicted molar refractivity (Wildman–Crippen MR) is 53.8 cm³/mol. The smallest absolute Gasteiger partial charge is 0.294 e. The van der Waals surface area contributed by atoms with Gasteiger partial charge in [0.25, 0.3) is 10.1 Å². The van der Waals surface area contributed by atoms with Crippen LogP contribution in [0.4, 0.5) is 0 Å². The molecule has 0 aliphatic carbocycles. The largest absolute Gasteiger partial charge is 0.383 e. The van der Waals surface area contributed by atoms with Crippen LogP contribution in [0.5, 0.6) is 0 Å². The number of aliphatic imine (C=N–C) groups is 1. The zero-order valence-corrected chi connectivity index (χ0v) is 8.25. The topological polar surface area (TPSA) is 117 Å². The Balaban J connectivity index is 2.66. The fourth-order valence-corrected chi connectivity index (χ4v) is 1.85. The van der Waals surface area contributed by atoms with Gasteiger partial charge in [-0.2, -0.15) is 8.42 Å². The Kier molecular flexibility index (Phi) is 1.88. The molecular formula is C8H7N3O3S. The maximum atomic E-state index is 10.8. The highest BCUT2D eigenvalue weighted by molar-refractivity contribution is 7.85. The normalized spacial score (nSPS) is 15.0. The lowest BCUT2D eigenvalue weighted by Gasteiger charge is -2.01. The number of amidine groups is 2. The fraction of sp³-hybridized carbons (Fsp3) is 0. The lowest BCUT2D eigenvalue weighted by Crippen LogP contribution is -2.10. The lowest BCUT2D eigenvalue weighted by atomic mass is 10.1. The Labute approximate surface area is 85.7 Å². The molecule has 1 heterocycles. The van der Waals surface area contributed by atoms with Crippen LogP contribution in [-0.4, -0.2) is 24.6 Å². The molecular weight excluding hydrogens is 218 g/mol. The molecule has 1 aliphatic rings. The summed E-state index contributed by atoms with van der Waals surface area (Å²) in [6.07, 6.45) is 0. The SMILES string of the molecule is N=C1N=C(N)c2ccc(S(=O)(=O)O)cc21. The maximum Gasteiger partial charge on any atom is 0.294 e. The molecule has 4 N–H and O–H groups in total. The molecule has 0 radical (unpaired) electrons. The summed E-state index contributed by atoms with van der Waals surface area (Å²) < 4.78 is 30.5. The fourth-order valence-electron chi connectivity index (χ4n) is 1.34.